The van der Waals surface area contributed by atoms with E-state index >= 15 is 0 Å². The van der Waals surface area contributed by atoms with Crippen molar-refractivity contribution < 1.29 is 8.60 Å². The molecule has 2 atom stereocenters. The molecule has 3 rings (SSSR count). The van der Waals surface area contributed by atoms with Gasteiger partial charge in [-0.3, -0.25) is 4.21 Å². The van der Waals surface area contributed by atoms with Crippen LogP contribution in [-0.4, -0.2) is 9.96 Å². The van der Waals surface area contributed by atoms with Crippen molar-refractivity contribution in [3.63, 3.8) is 0 Å². The molecule has 0 N–H and O–H groups in total. The van der Waals surface area contributed by atoms with Gasteiger partial charge >= 0.3 is 0 Å². The Labute approximate surface area is 121 Å². The molecule has 2 unspecified atom stereocenters. The number of halogens is 1. The second kappa shape index (κ2) is 5.88. The van der Waals surface area contributed by atoms with Crippen LogP contribution in [0.15, 0.2) is 53.4 Å². The van der Waals surface area contributed by atoms with Crippen molar-refractivity contribution in [2.24, 2.45) is 0 Å². The Morgan fingerprint density at radius 3 is 2.65 bits per heavy atom. The predicted molar refractivity (Wildman–Crippen MR) is 79.8 cm³/mol. The smallest absolute Gasteiger partial charge is 0.123 e. The van der Waals surface area contributed by atoms with E-state index in [0.29, 0.717) is 11.7 Å². The molecule has 0 saturated heterocycles. The maximum absolute atomic E-state index is 12.9. The van der Waals surface area contributed by atoms with Crippen molar-refractivity contribution in [1.29, 1.82) is 0 Å². The van der Waals surface area contributed by atoms with Crippen LogP contribution in [0.2, 0.25) is 0 Å². The Balaban J connectivity index is 1.79. The van der Waals surface area contributed by atoms with Crippen LogP contribution in [0.1, 0.15) is 29.9 Å². The van der Waals surface area contributed by atoms with Gasteiger partial charge < -0.3 is 0 Å². The van der Waals surface area contributed by atoms with Crippen molar-refractivity contribution >= 4 is 10.8 Å². The highest BCUT2D eigenvalue weighted by atomic mass is 32.2. The van der Waals surface area contributed by atoms with Crippen molar-refractivity contribution in [1.82, 2.24) is 0 Å². The number of hydrogen-bond acceptors (Lipinski definition) is 1. The average molecular weight is 288 g/mol. The third-order valence-electron chi connectivity index (χ3n) is 3.92. The molecule has 0 aromatic heterocycles. The maximum Gasteiger partial charge on any atom is 0.123 e. The fraction of sp³-hybridized carbons (Fsp3) is 0.294. The molecule has 2 aromatic carbocycles. The Kier molecular flexibility index (Phi) is 3.97. The van der Waals surface area contributed by atoms with Crippen LogP contribution in [0.5, 0.6) is 0 Å². The lowest BCUT2D eigenvalue weighted by atomic mass is 9.84. The van der Waals surface area contributed by atoms with Crippen molar-refractivity contribution in [2.45, 2.75) is 30.1 Å². The van der Waals surface area contributed by atoms with Gasteiger partial charge in [-0.2, -0.15) is 0 Å². The van der Waals surface area contributed by atoms with Gasteiger partial charge in [0.05, 0.1) is 10.8 Å². The lowest BCUT2D eigenvalue weighted by Crippen LogP contribution is -2.16. The zero-order valence-corrected chi connectivity index (χ0v) is 12.0. The molecule has 104 valence electrons. The summed E-state index contributed by atoms with van der Waals surface area (Å²) in [5.41, 5.74) is 2.73. The minimum atomic E-state index is -1.06. The Morgan fingerprint density at radius 2 is 1.85 bits per heavy atom. The van der Waals surface area contributed by atoms with Gasteiger partial charge in [-0.05, 0) is 60.6 Å². The van der Waals surface area contributed by atoms with E-state index in [4.69, 9.17) is 0 Å². The van der Waals surface area contributed by atoms with Crippen LogP contribution >= 0.6 is 0 Å². The summed E-state index contributed by atoms with van der Waals surface area (Å²) in [6, 6.07) is 14.4. The highest BCUT2D eigenvalue weighted by Crippen LogP contribution is 2.32. The molecule has 1 nitrogen and oxygen atoms in total. The number of hydrogen-bond donors (Lipinski definition) is 0. The van der Waals surface area contributed by atoms with Gasteiger partial charge in [-0.1, -0.05) is 24.3 Å². The van der Waals surface area contributed by atoms with Crippen LogP contribution in [0.3, 0.4) is 0 Å². The first-order chi connectivity index (χ1) is 9.74. The summed E-state index contributed by atoms with van der Waals surface area (Å²) >= 11 is 0. The molecule has 3 heteroatoms. The fourth-order valence-electron chi connectivity index (χ4n) is 2.89. The van der Waals surface area contributed by atoms with Gasteiger partial charge in [0.25, 0.3) is 0 Å². The molecule has 0 saturated carbocycles. The molecular weight excluding hydrogens is 271 g/mol. The molecule has 0 radical (unpaired) electrons. The van der Waals surface area contributed by atoms with Crippen LogP contribution in [0.25, 0.3) is 0 Å². The first-order valence-corrected chi connectivity index (χ1v) is 8.27. The minimum absolute atomic E-state index is 0.284. The lowest BCUT2D eigenvalue weighted by Gasteiger charge is -2.25. The van der Waals surface area contributed by atoms with Gasteiger partial charge in [-0.15, -0.1) is 0 Å². The molecule has 1 aliphatic rings. The summed E-state index contributed by atoms with van der Waals surface area (Å²) in [7, 11) is -1.06. The van der Waals surface area contributed by atoms with Gasteiger partial charge in [-0.25, -0.2) is 4.39 Å². The number of rotatable bonds is 3. The highest BCUT2D eigenvalue weighted by molar-refractivity contribution is 7.85. The normalized spacial score (nSPS) is 19.4. The molecule has 0 heterocycles. The fourth-order valence-corrected chi connectivity index (χ4v) is 4.24. The van der Waals surface area contributed by atoms with Crippen molar-refractivity contribution in [2.75, 3.05) is 5.75 Å². The van der Waals surface area contributed by atoms with Crippen molar-refractivity contribution in [3.05, 3.63) is 65.5 Å². The lowest BCUT2D eigenvalue weighted by molar-refractivity contribution is 0.587. The average Bonchev–Trinajstić information content (AvgIpc) is 2.48. The standard InChI is InChI=1S/C17H17FOS/c18-15-8-10-16(11-9-15)20(19)12-14-6-3-5-13-4-1-2-7-17(13)14/h1-2,4,7-11,14H,3,5-6,12H2. The zero-order chi connectivity index (χ0) is 13.9. The molecule has 2 aromatic rings. The minimum Gasteiger partial charge on any atom is -0.254 e. The number of aryl methyl sites for hydroxylation is 1. The first-order valence-electron chi connectivity index (χ1n) is 6.96. The molecule has 1 aliphatic carbocycles. The number of benzene rings is 2. The Morgan fingerprint density at radius 1 is 1.10 bits per heavy atom. The van der Waals surface area contributed by atoms with E-state index in [1.807, 2.05) is 0 Å². The van der Waals surface area contributed by atoms with Crippen molar-refractivity contribution in [3.8, 4) is 0 Å². The molecule has 0 spiro atoms. The molecule has 0 aliphatic heterocycles. The summed E-state index contributed by atoms with van der Waals surface area (Å²) in [5.74, 6) is 0.697. The van der Waals surface area contributed by atoms with E-state index in [1.54, 1.807) is 12.1 Å². The summed E-state index contributed by atoms with van der Waals surface area (Å²) in [4.78, 5) is 0.717. The maximum atomic E-state index is 12.9. The van der Waals surface area contributed by atoms with Crippen LogP contribution in [-0.2, 0) is 17.2 Å². The highest BCUT2D eigenvalue weighted by Gasteiger charge is 2.22. The van der Waals surface area contributed by atoms with E-state index in [-0.39, 0.29) is 5.82 Å². The first kappa shape index (κ1) is 13.5. The molecule has 0 fully saturated rings. The monoisotopic (exact) mass is 288 g/mol. The van der Waals surface area contributed by atoms with Crippen LogP contribution in [0, 0.1) is 5.82 Å². The van der Waals surface area contributed by atoms with Gasteiger partial charge in [0, 0.05) is 10.6 Å². The third kappa shape index (κ3) is 2.83. The van der Waals surface area contributed by atoms with Gasteiger partial charge in [0.1, 0.15) is 5.82 Å². The second-order valence-corrected chi connectivity index (χ2v) is 6.75. The third-order valence-corrected chi connectivity index (χ3v) is 5.43. The largest absolute Gasteiger partial charge is 0.254 e. The summed E-state index contributed by atoms with van der Waals surface area (Å²) in [6.45, 7) is 0. The summed E-state index contributed by atoms with van der Waals surface area (Å²) in [6.07, 6.45) is 3.36. The molecule has 20 heavy (non-hydrogen) atoms. The molecular formula is C17H17FOS. The van der Waals surface area contributed by atoms with Crippen LogP contribution in [0.4, 0.5) is 4.39 Å². The van der Waals surface area contributed by atoms with Crippen LogP contribution < -0.4 is 0 Å². The van der Waals surface area contributed by atoms with E-state index in [2.05, 4.69) is 24.3 Å². The van der Waals surface area contributed by atoms with E-state index in [0.717, 1.165) is 24.2 Å². The van der Waals surface area contributed by atoms with E-state index in [1.165, 1.54) is 23.3 Å². The Bertz CT molecular complexity index is 621. The second-order valence-electron chi connectivity index (χ2n) is 5.25. The van der Waals surface area contributed by atoms with Gasteiger partial charge in [0.2, 0.25) is 0 Å². The zero-order valence-electron chi connectivity index (χ0n) is 11.2. The predicted octanol–water partition coefficient (Wildman–Crippen LogP) is 4.05. The number of fused-ring (bicyclic) bond motifs is 1. The Hall–Kier alpha value is -1.48. The van der Waals surface area contributed by atoms with E-state index in [9.17, 15) is 8.60 Å². The molecule has 0 bridgehead atoms. The topological polar surface area (TPSA) is 17.1 Å². The van der Waals surface area contributed by atoms with Gasteiger partial charge in [0.15, 0.2) is 0 Å². The summed E-state index contributed by atoms with van der Waals surface area (Å²) in [5, 5.41) is 0. The SMILES string of the molecule is O=S(CC1CCCc2ccccc21)c1ccc(F)cc1. The quantitative estimate of drug-likeness (QED) is 0.832. The summed E-state index contributed by atoms with van der Waals surface area (Å²) < 4.78 is 25.3. The van der Waals surface area contributed by atoms with E-state index < -0.39 is 10.8 Å². The molecule has 0 amide bonds.